The van der Waals surface area contributed by atoms with Crippen LogP contribution in [0, 0.1) is 6.92 Å². The molecule has 6 heteroatoms. The van der Waals surface area contributed by atoms with Crippen LogP contribution in [0.1, 0.15) is 51.4 Å². The number of benzene rings is 2. The molecule has 0 aliphatic heterocycles. The maximum atomic E-state index is 12.9. The second-order valence-corrected chi connectivity index (χ2v) is 8.50. The summed E-state index contributed by atoms with van der Waals surface area (Å²) in [6, 6.07) is 18.2. The molecule has 0 aliphatic carbocycles. The zero-order valence-electron chi connectivity index (χ0n) is 19.3. The smallest absolute Gasteiger partial charge is 0.329 e. The summed E-state index contributed by atoms with van der Waals surface area (Å²) in [5.41, 5.74) is 2.24. The van der Waals surface area contributed by atoms with Crippen molar-refractivity contribution in [2.75, 3.05) is 7.05 Å². The van der Waals surface area contributed by atoms with Crippen LogP contribution in [0.15, 0.2) is 72.9 Å². The third-order valence-corrected chi connectivity index (χ3v) is 5.79. The average Bonchev–Trinajstić information content (AvgIpc) is 3.26. The number of ketones is 1. The molecule has 170 valence electrons. The standard InChI is InChI=1S/C27H28N2O4/c1-19-12-14-21(15-13-19)24(30)23-11-7-17-29(23)16-6-9-20-8-5-10-22(18-20)25(31)28(4)27(2,3)26(32)33/h5-15,17-18H,16H2,1-4H3,(H,32,33)/b9-6+. The fourth-order valence-electron chi connectivity index (χ4n) is 3.30. The third-order valence-electron chi connectivity index (χ3n) is 5.79. The first kappa shape index (κ1) is 23.7. The molecule has 1 heterocycles. The van der Waals surface area contributed by atoms with Crippen LogP contribution >= 0.6 is 0 Å². The van der Waals surface area contributed by atoms with E-state index >= 15 is 0 Å². The molecule has 1 N–H and O–H groups in total. The van der Waals surface area contributed by atoms with Gasteiger partial charge in [-0.3, -0.25) is 9.59 Å². The molecule has 3 rings (SSSR count). The van der Waals surface area contributed by atoms with Crippen LogP contribution in [0.3, 0.4) is 0 Å². The summed E-state index contributed by atoms with van der Waals surface area (Å²) in [7, 11) is 1.48. The Labute approximate surface area is 193 Å². The summed E-state index contributed by atoms with van der Waals surface area (Å²) < 4.78 is 1.87. The number of nitrogens with zero attached hydrogens (tertiary/aromatic N) is 2. The van der Waals surface area contributed by atoms with Crippen molar-refractivity contribution in [1.29, 1.82) is 0 Å². The average molecular weight is 445 g/mol. The van der Waals surface area contributed by atoms with Crippen LogP contribution in [-0.2, 0) is 11.3 Å². The minimum atomic E-state index is -1.32. The number of hydrogen-bond donors (Lipinski definition) is 1. The molecule has 2 aromatic carbocycles. The first-order chi connectivity index (χ1) is 15.6. The molecule has 6 nitrogen and oxygen atoms in total. The first-order valence-corrected chi connectivity index (χ1v) is 10.7. The van der Waals surface area contributed by atoms with E-state index in [1.54, 1.807) is 24.3 Å². The Bertz CT molecular complexity index is 1200. The van der Waals surface area contributed by atoms with Crippen molar-refractivity contribution in [3.8, 4) is 0 Å². The molecule has 0 saturated carbocycles. The van der Waals surface area contributed by atoms with Crippen LogP contribution in [-0.4, -0.2) is 44.8 Å². The van der Waals surface area contributed by atoms with Crippen LogP contribution in [0.2, 0.25) is 0 Å². The van der Waals surface area contributed by atoms with Gasteiger partial charge in [0.25, 0.3) is 5.91 Å². The molecule has 0 radical (unpaired) electrons. The number of allylic oxidation sites excluding steroid dienone is 1. The topological polar surface area (TPSA) is 79.6 Å². The largest absolute Gasteiger partial charge is 0.480 e. The minimum absolute atomic E-state index is 0.0370. The number of hydrogen-bond acceptors (Lipinski definition) is 3. The SMILES string of the molecule is Cc1ccc(C(=O)c2cccn2C/C=C/c2cccc(C(=O)N(C)C(C)(C)C(=O)O)c2)cc1. The highest BCUT2D eigenvalue weighted by molar-refractivity contribution is 6.08. The summed E-state index contributed by atoms with van der Waals surface area (Å²) in [6.45, 7) is 5.45. The molecule has 0 aliphatic rings. The fourth-order valence-corrected chi connectivity index (χ4v) is 3.30. The van der Waals surface area contributed by atoms with Crippen molar-refractivity contribution in [2.45, 2.75) is 32.9 Å². The molecular formula is C27H28N2O4. The molecule has 0 fully saturated rings. The fraction of sp³-hybridized carbons (Fsp3) is 0.222. The Morgan fingerprint density at radius 3 is 2.36 bits per heavy atom. The molecule has 0 atom stereocenters. The van der Waals surface area contributed by atoms with Gasteiger partial charge in [0.05, 0.1) is 5.69 Å². The number of amides is 1. The number of aryl methyl sites for hydroxylation is 1. The number of rotatable bonds is 8. The monoisotopic (exact) mass is 444 g/mol. The Morgan fingerprint density at radius 2 is 1.70 bits per heavy atom. The predicted molar refractivity (Wildman–Crippen MR) is 128 cm³/mol. The normalized spacial score (nSPS) is 11.5. The van der Waals surface area contributed by atoms with Crippen LogP contribution < -0.4 is 0 Å². The van der Waals surface area contributed by atoms with Crippen molar-refractivity contribution >= 4 is 23.7 Å². The van der Waals surface area contributed by atoms with E-state index in [1.807, 2.05) is 66.2 Å². The number of carboxylic acids is 1. The molecule has 0 bridgehead atoms. The summed E-state index contributed by atoms with van der Waals surface area (Å²) in [5.74, 6) is -1.48. The van der Waals surface area contributed by atoms with Gasteiger partial charge in [-0.15, -0.1) is 0 Å². The molecule has 0 spiro atoms. The summed E-state index contributed by atoms with van der Waals surface area (Å²) in [5, 5.41) is 9.38. The minimum Gasteiger partial charge on any atom is -0.480 e. The highest BCUT2D eigenvalue weighted by atomic mass is 16.4. The number of carbonyl (C=O) groups excluding carboxylic acids is 2. The highest BCUT2D eigenvalue weighted by Gasteiger charge is 2.35. The van der Waals surface area contributed by atoms with Crippen LogP contribution in [0.4, 0.5) is 0 Å². The van der Waals surface area contributed by atoms with Gasteiger partial charge >= 0.3 is 5.97 Å². The molecule has 3 aromatic rings. The van der Waals surface area contributed by atoms with Gasteiger partial charge in [0.1, 0.15) is 5.54 Å². The second kappa shape index (κ2) is 9.69. The van der Waals surface area contributed by atoms with Gasteiger partial charge in [0, 0.05) is 30.9 Å². The molecule has 1 amide bonds. The Hall–Kier alpha value is -3.93. The molecular weight excluding hydrogens is 416 g/mol. The molecule has 0 unspecified atom stereocenters. The van der Waals surface area contributed by atoms with Gasteiger partial charge in [-0.2, -0.15) is 0 Å². The zero-order valence-corrected chi connectivity index (χ0v) is 19.3. The Balaban J connectivity index is 1.73. The quantitative estimate of drug-likeness (QED) is 0.512. The molecule has 1 aromatic heterocycles. The predicted octanol–water partition coefficient (Wildman–Crippen LogP) is 4.68. The zero-order chi connectivity index (χ0) is 24.2. The number of aromatic nitrogens is 1. The number of aliphatic carboxylic acids is 1. The van der Waals surface area contributed by atoms with E-state index in [0.717, 1.165) is 11.1 Å². The summed E-state index contributed by atoms with van der Waals surface area (Å²) in [4.78, 5) is 38.3. The van der Waals surface area contributed by atoms with Crippen molar-refractivity contribution in [3.05, 3.63) is 101 Å². The Kier molecular flexibility index (Phi) is 6.97. The van der Waals surface area contributed by atoms with Gasteiger partial charge in [0.2, 0.25) is 5.78 Å². The van der Waals surface area contributed by atoms with Crippen LogP contribution in [0.5, 0.6) is 0 Å². The van der Waals surface area contributed by atoms with Crippen molar-refractivity contribution in [2.24, 2.45) is 0 Å². The van der Waals surface area contributed by atoms with Gasteiger partial charge in [-0.1, -0.05) is 54.1 Å². The van der Waals surface area contributed by atoms with Gasteiger partial charge in [0.15, 0.2) is 0 Å². The van der Waals surface area contributed by atoms with E-state index in [0.29, 0.717) is 23.4 Å². The van der Waals surface area contributed by atoms with E-state index in [2.05, 4.69) is 0 Å². The van der Waals surface area contributed by atoms with Crippen molar-refractivity contribution < 1.29 is 19.5 Å². The second-order valence-electron chi connectivity index (χ2n) is 8.50. The summed E-state index contributed by atoms with van der Waals surface area (Å²) in [6.07, 6.45) is 5.65. The van der Waals surface area contributed by atoms with Gasteiger partial charge < -0.3 is 14.6 Å². The Morgan fingerprint density at radius 1 is 1.00 bits per heavy atom. The maximum Gasteiger partial charge on any atom is 0.329 e. The van der Waals surface area contributed by atoms with Crippen LogP contribution in [0.25, 0.3) is 6.08 Å². The van der Waals surface area contributed by atoms with E-state index in [-0.39, 0.29) is 11.7 Å². The number of carboxylic acid groups (broad SMARTS) is 1. The third kappa shape index (κ3) is 5.29. The lowest BCUT2D eigenvalue weighted by Gasteiger charge is -2.31. The van der Waals surface area contributed by atoms with Gasteiger partial charge in [-0.05, 0) is 50.6 Å². The maximum absolute atomic E-state index is 12.9. The molecule has 0 saturated heterocycles. The highest BCUT2D eigenvalue weighted by Crippen LogP contribution is 2.18. The van der Waals surface area contributed by atoms with Crippen molar-refractivity contribution in [3.63, 3.8) is 0 Å². The van der Waals surface area contributed by atoms with E-state index in [1.165, 1.54) is 25.8 Å². The lowest BCUT2D eigenvalue weighted by atomic mass is 10.0. The van der Waals surface area contributed by atoms with E-state index in [4.69, 9.17) is 0 Å². The number of carbonyl (C=O) groups is 3. The lowest BCUT2D eigenvalue weighted by Crippen LogP contribution is -2.50. The van der Waals surface area contributed by atoms with E-state index < -0.39 is 11.5 Å². The van der Waals surface area contributed by atoms with Gasteiger partial charge in [-0.25, -0.2) is 4.79 Å². The first-order valence-electron chi connectivity index (χ1n) is 10.7. The van der Waals surface area contributed by atoms with Crippen molar-refractivity contribution in [1.82, 2.24) is 9.47 Å². The molecule has 33 heavy (non-hydrogen) atoms. The van der Waals surface area contributed by atoms with E-state index in [9.17, 15) is 19.5 Å². The lowest BCUT2D eigenvalue weighted by molar-refractivity contribution is -0.147. The number of likely N-dealkylation sites (N-methyl/N-ethyl adjacent to an activating group) is 1. The summed E-state index contributed by atoms with van der Waals surface area (Å²) >= 11 is 0.